The molecule has 1 heterocycles. The molecule has 22 heavy (non-hydrogen) atoms. The summed E-state index contributed by atoms with van der Waals surface area (Å²) < 4.78 is 14.6. The minimum atomic E-state index is -1.15. The van der Waals surface area contributed by atoms with Crippen LogP contribution in [0, 0.1) is 0 Å². The normalized spacial score (nSPS) is 29.0. The highest BCUT2D eigenvalue weighted by Crippen LogP contribution is 2.18. The monoisotopic (exact) mass is 325 g/mol. The summed E-state index contributed by atoms with van der Waals surface area (Å²) in [7, 11) is 3.30. The molecule has 4 atom stereocenters. The number of β-amino-alcohol motifs (C(OH)–C–C–N with tert-alkyl or cyclic N) is 1. The third-order valence-corrected chi connectivity index (χ3v) is 3.49. The molecule has 4 N–H and O–H groups in total. The van der Waals surface area contributed by atoms with E-state index in [0.717, 1.165) is 0 Å². The van der Waals surface area contributed by atoms with E-state index in [-0.39, 0.29) is 6.61 Å². The molecule has 0 aromatic rings. The Bertz CT molecular complexity index is 249. The number of likely N-dealkylation sites (tertiary alicyclic amines) is 1. The van der Waals surface area contributed by atoms with Crippen LogP contribution in [0.4, 0.5) is 0 Å². The molecule has 0 aromatic heterocycles. The summed E-state index contributed by atoms with van der Waals surface area (Å²) in [6, 6.07) is -0.469. The molecule has 0 radical (unpaired) electrons. The molecule has 0 aromatic carbocycles. The van der Waals surface area contributed by atoms with Crippen molar-refractivity contribution < 1.29 is 34.6 Å². The summed E-state index contributed by atoms with van der Waals surface area (Å²) in [5, 5.41) is 37.1. The van der Waals surface area contributed by atoms with Gasteiger partial charge in [0.05, 0.1) is 45.2 Å². The van der Waals surface area contributed by atoms with Gasteiger partial charge in [-0.15, -0.1) is 0 Å². The Labute approximate surface area is 132 Å². The highest BCUT2D eigenvalue weighted by Gasteiger charge is 2.40. The smallest absolute Gasteiger partial charge is 0.109 e. The van der Waals surface area contributed by atoms with Crippen LogP contribution in [-0.4, -0.2) is 110 Å². The zero-order valence-corrected chi connectivity index (χ0v) is 13.7. The van der Waals surface area contributed by atoms with Crippen LogP contribution in [0.25, 0.3) is 0 Å². The standard InChI is InChI=1S/C8H17NO4.C6H14O3/c1-2-9-3-6(11)8(13)7(12)5(9)4-10;1-7-3-5-9-6-4-8-2/h5-8,10-13H,2-4H2,1H3;3-6H2,1-2H3/t5-,6+,7-,8-;/m1./s1. The Morgan fingerprint density at radius 1 is 0.955 bits per heavy atom. The Morgan fingerprint density at radius 3 is 1.91 bits per heavy atom. The van der Waals surface area contributed by atoms with Crippen molar-refractivity contribution in [3.63, 3.8) is 0 Å². The Kier molecular flexibility index (Phi) is 13.0. The lowest BCUT2D eigenvalue weighted by Crippen LogP contribution is -2.62. The molecule has 1 aliphatic heterocycles. The van der Waals surface area contributed by atoms with E-state index >= 15 is 0 Å². The lowest BCUT2D eigenvalue weighted by Gasteiger charge is -2.42. The van der Waals surface area contributed by atoms with Crippen molar-refractivity contribution in [3.8, 4) is 0 Å². The minimum absolute atomic E-state index is 0.210. The minimum Gasteiger partial charge on any atom is -0.395 e. The van der Waals surface area contributed by atoms with Gasteiger partial charge in [0.25, 0.3) is 0 Å². The molecular weight excluding hydrogens is 294 g/mol. The first-order valence-corrected chi connectivity index (χ1v) is 7.48. The van der Waals surface area contributed by atoms with Crippen molar-refractivity contribution in [2.24, 2.45) is 0 Å². The van der Waals surface area contributed by atoms with E-state index in [1.54, 1.807) is 19.1 Å². The third-order valence-electron chi connectivity index (χ3n) is 3.49. The second-order valence-electron chi connectivity index (χ2n) is 4.98. The number of hydrogen-bond acceptors (Lipinski definition) is 8. The lowest BCUT2D eigenvalue weighted by molar-refractivity contribution is -0.143. The zero-order chi connectivity index (χ0) is 17.0. The van der Waals surface area contributed by atoms with E-state index in [2.05, 4.69) is 0 Å². The fraction of sp³-hybridized carbons (Fsp3) is 1.00. The topological polar surface area (TPSA) is 112 Å². The van der Waals surface area contributed by atoms with E-state index < -0.39 is 24.4 Å². The second kappa shape index (κ2) is 13.1. The molecule has 134 valence electrons. The summed E-state index contributed by atoms with van der Waals surface area (Å²) in [6.07, 6.45) is -3.16. The summed E-state index contributed by atoms with van der Waals surface area (Å²) in [5.41, 5.74) is 0. The maximum absolute atomic E-state index is 9.50. The first-order valence-electron chi connectivity index (χ1n) is 7.48. The maximum atomic E-state index is 9.50. The van der Waals surface area contributed by atoms with Crippen molar-refractivity contribution in [1.29, 1.82) is 0 Å². The van der Waals surface area contributed by atoms with Crippen LogP contribution in [-0.2, 0) is 14.2 Å². The van der Waals surface area contributed by atoms with Crippen molar-refractivity contribution in [2.75, 3.05) is 60.3 Å². The highest BCUT2D eigenvalue weighted by molar-refractivity contribution is 4.93. The van der Waals surface area contributed by atoms with Crippen molar-refractivity contribution in [2.45, 2.75) is 31.3 Å². The van der Waals surface area contributed by atoms with Gasteiger partial charge in [-0.25, -0.2) is 0 Å². The third kappa shape index (κ3) is 7.80. The summed E-state index contributed by atoms with van der Waals surface area (Å²) in [6.45, 7) is 5.21. The molecular formula is C14H31NO7. The molecule has 0 unspecified atom stereocenters. The van der Waals surface area contributed by atoms with Crippen molar-refractivity contribution in [3.05, 3.63) is 0 Å². The van der Waals surface area contributed by atoms with Gasteiger partial charge >= 0.3 is 0 Å². The van der Waals surface area contributed by atoms with Crippen molar-refractivity contribution in [1.82, 2.24) is 4.90 Å². The predicted molar refractivity (Wildman–Crippen MR) is 80.7 cm³/mol. The molecule has 0 saturated carbocycles. The number of methoxy groups -OCH3 is 2. The Hall–Kier alpha value is -0.320. The first-order chi connectivity index (χ1) is 10.5. The summed E-state index contributed by atoms with van der Waals surface area (Å²) in [4.78, 5) is 1.75. The molecule has 0 aliphatic carbocycles. The summed E-state index contributed by atoms with van der Waals surface area (Å²) >= 11 is 0. The van der Waals surface area contributed by atoms with Gasteiger partial charge in [-0.1, -0.05) is 6.92 Å². The molecule has 8 heteroatoms. The van der Waals surface area contributed by atoms with Gasteiger partial charge in [0.2, 0.25) is 0 Å². The molecule has 1 fully saturated rings. The average Bonchev–Trinajstić information content (AvgIpc) is 2.53. The molecule has 0 spiro atoms. The van der Waals surface area contributed by atoms with E-state index in [9.17, 15) is 15.3 Å². The highest BCUT2D eigenvalue weighted by atomic mass is 16.5. The first kappa shape index (κ1) is 21.7. The van der Waals surface area contributed by atoms with E-state index in [0.29, 0.717) is 39.5 Å². The van der Waals surface area contributed by atoms with E-state index in [1.165, 1.54) is 0 Å². The van der Waals surface area contributed by atoms with Crippen LogP contribution in [0.5, 0.6) is 0 Å². The average molecular weight is 325 g/mol. The number of likely N-dealkylation sites (N-methyl/N-ethyl adjacent to an activating group) is 1. The molecule has 8 nitrogen and oxygen atoms in total. The molecule has 0 bridgehead atoms. The van der Waals surface area contributed by atoms with Gasteiger partial charge in [0.1, 0.15) is 12.2 Å². The van der Waals surface area contributed by atoms with Gasteiger partial charge in [-0.3, -0.25) is 4.90 Å². The van der Waals surface area contributed by atoms with Gasteiger partial charge in [0.15, 0.2) is 0 Å². The van der Waals surface area contributed by atoms with Crippen LogP contribution in [0.2, 0.25) is 0 Å². The van der Waals surface area contributed by atoms with Crippen LogP contribution in [0.15, 0.2) is 0 Å². The van der Waals surface area contributed by atoms with Gasteiger partial charge in [0, 0.05) is 20.8 Å². The summed E-state index contributed by atoms with van der Waals surface area (Å²) in [5.74, 6) is 0. The fourth-order valence-corrected chi connectivity index (χ4v) is 2.13. The number of piperidine rings is 1. The Morgan fingerprint density at radius 2 is 1.50 bits per heavy atom. The van der Waals surface area contributed by atoms with Crippen LogP contribution >= 0.6 is 0 Å². The Balaban J connectivity index is 0.000000433. The molecule has 1 rings (SSSR count). The number of hydrogen-bond donors (Lipinski definition) is 4. The van der Waals surface area contributed by atoms with Gasteiger partial charge < -0.3 is 34.6 Å². The van der Waals surface area contributed by atoms with Gasteiger partial charge in [-0.05, 0) is 6.54 Å². The van der Waals surface area contributed by atoms with Gasteiger partial charge in [-0.2, -0.15) is 0 Å². The predicted octanol–water partition coefficient (Wildman–Crippen LogP) is -1.94. The zero-order valence-electron chi connectivity index (χ0n) is 13.7. The second-order valence-corrected chi connectivity index (χ2v) is 4.98. The largest absolute Gasteiger partial charge is 0.395 e. The van der Waals surface area contributed by atoms with E-state index in [1.807, 2.05) is 6.92 Å². The van der Waals surface area contributed by atoms with Crippen LogP contribution in [0.1, 0.15) is 6.92 Å². The number of aliphatic hydroxyl groups is 4. The number of aliphatic hydroxyl groups excluding tert-OH is 4. The number of ether oxygens (including phenoxy) is 3. The molecule has 1 saturated heterocycles. The fourth-order valence-electron chi connectivity index (χ4n) is 2.13. The maximum Gasteiger partial charge on any atom is 0.109 e. The number of nitrogens with zero attached hydrogens (tertiary/aromatic N) is 1. The van der Waals surface area contributed by atoms with E-state index in [4.69, 9.17) is 19.3 Å². The molecule has 0 amide bonds. The quantitative estimate of drug-likeness (QED) is 0.382. The lowest BCUT2D eigenvalue weighted by atomic mass is 9.94. The number of rotatable bonds is 8. The van der Waals surface area contributed by atoms with Crippen molar-refractivity contribution >= 4 is 0 Å². The SMILES string of the molecule is CCN1C[C@H](O)[C@@H](O)[C@H](O)[C@H]1CO.COCCOCCOC. The van der Waals surface area contributed by atoms with Crippen LogP contribution in [0.3, 0.4) is 0 Å². The molecule has 1 aliphatic rings. The van der Waals surface area contributed by atoms with Crippen LogP contribution < -0.4 is 0 Å².